The van der Waals surface area contributed by atoms with Crippen molar-refractivity contribution in [3.63, 3.8) is 0 Å². The second kappa shape index (κ2) is 6.78. The number of carboxylic acids is 1. The number of aliphatic carboxylic acids is 1. The highest BCUT2D eigenvalue weighted by Gasteiger charge is 2.34. The van der Waals surface area contributed by atoms with E-state index in [9.17, 15) is 14.4 Å². The molecule has 0 aromatic rings. The Balaban J connectivity index is 2.79. The van der Waals surface area contributed by atoms with Crippen LogP contribution < -0.4 is 5.73 Å². The standard InChI is InChI=1S/C14H25N3O4/c1-14(2,3)17(8-6-11(18)19)13(21)16-7-4-5-10(9-16)12(15)20/h10H,4-9H2,1-3H3,(H2,15,20)(H,18,19). The average molecular weight is 299 g/mol. The first kappa shape index (κ1) is 17.3. The van der Waals surface area contributed by atoms with E-state index in [4.69, 9.17) is 10.8 Å². The topological polar surface area (TPSA) is 104 Å². The first-order valence-corrected chi connectivity index (χ1v) is 7.20. The van der Waals surface area contributed by atoms with Crippen LogP contribution in [0.4, 0.5) is 4.79 Å². The number of likely N-dealkylation sites (tertiary alicyclic amines) is 1. The Morgan fingerprint density at radius 1 is 1.33 bits per heavy atom. The maximum absolute atomic E-state index is 12.6. The summed E-state index contributed by atoms with van der Waals surface area (Å²) in [4.78, 5) is 37.8. The normalized spacial score (nSPS) is 19.2. The van der Waals surface area contributed by atoms with Crippen molar-refractivity contribution in [1.29, 1.82) is 0 Å². The largest absolute Gasteiger partial charge is 0.481 e. The molecule has 0 aromatic carbocycles. The van der Waals surface area contributed by atoms with Crippen molar-refractivity contribution in [3.8, 4) is 0 Å². The first-order chi connectivity index (χ1) is 9.62. The van der Waals surface area contributed by atoms with E-state index in [-0.39, 0.29) is 30.8 Å². The van der Waals surface area contributed by atoms with Crippen LogP contribution in [0.5, 0.6) is 0 Å². The number of primary amides is 1. The van der Waals surface area contributed by atoms with Crippen LogP contribution in [0.2, 0.25) is 0 Å². The SMILES string of the molecule is CC(C)(C)N(CCC(=O)O)C(=O)N1CCCC(C(N)=O)C1. The van der Waals surface area contributed by atoms with Gasteiger partial charge in [-0.05, 0) is 33.6 Å². The van der Waals surface area contributed by atoms with Gasteiger partial charge in [-0.3, -0.25) is 9.59 Å². The highest BCUT2D eigenvalue weighted by molar-refractivity contribution is 5.80. The van der Waals surface area contributed by atoms with E-state index >= 15 is 0 Å². The number of nitrogens with zero attached hydrogens (tertiary/aromatic N) is 2. The van der Waals surface area contributed by atoms with E-state index in [0.29, 0.717) is 19.5 Å². The molecule has 1 fully saturated rings. The van der Waals surface area contributed by atoms with Crippen LogP contribution in [0.3, 0.4) is 0 Å². The lowest BCUT2D eigenvalue weighted by Gasteiger charge is -2.41. The number of amides is 3. The summed E-state index contributed by atoms with van der Waals surface area (Å²) in [5, 5.41) is 8.82. The fraction of sp³-hybridized carbons (Fsp3) is 0.786. The summed E-state index contributed by atoms with van der Waals surface area (Å²) in [5.74, 6) is -1.64. The van der Waals surface area contributed by atoms with E-state index in [1.54, 1.807) is 9.80 Å². The Morgan fingerprint density at radius 3 is 2.43 bits per heavy atom. The molecule has 1 unspecified atom stereocenters. The number of hydrogen-bond donors (Lipinski definition) is 2. The lowest BCUT2D eigenvalue weighted by Crippen LogP contribution is -2.55. The van der Waals surface area contributed by atoms with Gasteiger partial charge in [0.25, 0.3) is 0 Å². The van der Waals surface area contributed by atoms with Crippen LogP contribution in [0.1, 0.15) is 40.0 Å². The Labute approximate surface area is 125 Å². The minimum Gasteiger partial charge on any atom is -0.481 e. The third-order valence-corrected chi connectivity index (χ3v) is 3.68. The zero-order valence-corrected chi connectivity index (χ0v) is 13.0. The fourth-order valence-corrected chi connectivity index (χ4v) is 2.48. The zero-order valence-electron chi connectivity index (χ0n) is 13.0. The van der Waals surface area contributed by atoms with Gasteiger partial charge in [0.15, 0.2) is 0 Å². The lowest BCUT2D eigenvalue weighted by atomic mass is 9.97. The smallest absolute Gasteiger partial charge is 0.320 e. The molecule has 0 radical (unpaired) electrons. The van der Waals surface area contributed by atoms with Crippen molar-refractivity contribution < 1.29 is 19.5 Å². The highest BCUT2D eigenvalue weighted by atomic mass is 16.4. The summed E-state index contributed by atoms with van der Waals surface area (Å²) in [6.07, 6.45) is 1.33. The van der Waals surface area contributed by atoms with Gasteiger partial charge in [-0.1, -0.05) is 0 Å². The number of hydrogen-bond acceptors (Lipinski definition) is 3. The van der Waals surface area contributed by atoms with Crippen molar-refractivity contribution >= 4 is 17.9 Å². The van der Waals surface area contributed by atoms with Crippen molar-refractivity contribution in [2.45, 2.75) is 45.6 Å². The molecule has 1 heterocycles. The Hall–Kier alpha value is -1.79. The van der Waals surface area contributed by atoms with Crippen LogP contribution in [-0.4, -0.2) is 58.0 Å². The predicted molar refractivity (Wildman–Crippen MR) is 77.6 cm³/mol. The Bertz CT molecular complexity index is 417. The number of urea groups is 1. The van der Waals surface area contributed by atoms with E-state index in [1.165, 1.54) is 0 Å². The molecule has 1 aliphatic heterocycles. The van der Waals surface area contributed by atoms with Crippen LogP contribution in [0.15, 0.2) is 0 Å². The molecule has 0 aromatic heterocycles. The highest BCUT2D eigenvalue weighted by Crippen LogP contribution is 2.21. The summed E-state index contributed by atoms with van der Waals surface area (Å²) < 4.78 is 0. The fourth-order valence-electron chi connectivity index (χ4n) is 2.48. The predicted octanol–water partition coefficient (Wildman–Crippen LogP) is 0.879. The molecule has 7 nitrogen and oxygen atoms in total. The number of carboxylic acid groups (broad SMARTS) is 1. The Kier molecular flexibility index (Phi) is 5.57. The lowest BCUT2D eigenvalue weighted by molar-refractivity contribution is -0.137. The van der Waals surface area contributed by atoms with Crippen molar-refractivity contribution in [2.24, 2.45) is 11.7 Å². The van der Waals surface area contributed by atoms with Gasteiger partial charge in [-0.15, -0.1) is 0 Å². The third kappa shape index (κ3) is 4.91. The van der Waals surface area contributed by atoms with Gasteiger partial charge >= 0.3 is 12.0 Å². The summed E-state index contributed by atoms with van der Waals surface area (Å²) in [6, 6.07) is -0.227. The minimum atomic E-state index is -0.939. The molecule has 0 saturated carbocycles. The van der Waals surface area contributed by atoms with Gasteiger partial charge in [0.1, 0.15) is 0 Å². The molecular formula is C14H25N3O4. The van der Waals surface area contributed by atoms with E-state index in [0.717, 1.165) is 6.42 Å². The second-order valence-corrected chi connectivity index (χ2v) is 6.44. The van der Waals surface area contributed by atoms with E-state index < -0.39 is 11.5 Å². The summed E-state index contributed by atoms with van der Waals surface area (Å²) >= 11 is 0. The van der Waals surface area contributed by atoms with Crippen LogP contribution in [0, 0.1) is 5.92 Å². The van der Waals surface area contributed by atoms with Gasteiger partial charge in [-0.2, -0.15) is 0 Å². The molecular weight excluding hydrogens is 274 g/mol. The number of carbonyl (C=O) groups is 3. The summed E-state index contributed by atoms with van der Waals surface area (Å²) in [7, 11) is 0. The molecule has 1 saturated heterocycles. The van der Waals surface area contributed by atoms with E-state index in [1.807, 2.05) is 20.8 Å². The molecule has 0 bridgehead atoms. The molecule has 7 heteroatoms. The third-order valence-electron chi connectivity index (χ3n) is 3.68. The van der Waals surface area contributed by atoms with Crippen molar-refractivity contribution in [1.82, 2.24) is 9.80 Å². The molecule has 1 rings (SSSR count). The van der Waals surface area contributed by atoms with Gasteiger partial charge in [-0.25, -0.2) is 4.79 Å². The van der Waals surface area contributed by atoms with Gasteiger partial charge in [0.05, 0.1) is 12.3 Å². The van der Waals surface area contributed by atoms with E-state index in [2.05, 4.69) is 0 Å². The average Bonchev–Trinajstić information content (AvgIpc) is 2.36. The number of rotatable bonds is 4. The monoisotopic (exact) mass is 299 g/mol. The maximum atomic E-state index is 12.6. The van der Waals surface area contributed by atoms with Crippen LogP contribution in [0.25, 0.3) is 0 Å². The molecule has 1 atom stereocenters. The van der Waals surface area contributed by atoms with Crippen LogP contribution >= 0.6 is 0 Å². The Morgan fingerprint density at radius 2 is 1.95 bits per heavy atom. The number of carbonyl (C=O) groups excluding carboxylic acids is 2. The number of piperidine rings is 1. The van der Waals surface area contributed by atoms with Gasteiger partial charge < -0.3 is 20.6 Å². The van der Waals surface area contributed by atoms with Crippen molar-refractivity contribution in [2.75, 3.05) is 19.6 Å². The van der Waals surface area contributed by atoms with Crippen molar-refractivity contribution in [3.05, 3.63) is 0 Å². The molecule has 120 valence electrons. The quantitative estimate of drug-likeness (QED) is 0.804. The van der Waals surface area contributed by atoms with Crippen LogP contribution in [-0.2, 0) is 9.59 Å². The number of nitrogens with two attached hydrogens (primary N) is 1. The maximum Gasteiger partial charge on any atom is 0.320 e. The molecule has 1 aliphatic rings. The first-order valence-electron chi connectivity index (χ1n) is 7.20. The van der Waals surface area contributed by atoms with Gasteiger partial charge in [0, 0.05) is 25.2 Å². The second-order valence-electron chi connectivity index (χ2n) is 6.44. The summed E-state index contributed by atoms with van der Waals surface area (Å²) in [5.41, 5.74) is 4.84. The molecule has 3 N–H and O–H groups in total. The summed E-state index contributed by atoms with van der Waals surface area (Å²) in [6.45, 7) is 6.62. The molecule has 0 spiro atoms. The zero-order chi connectivity index (χ0) is 16.2. The minimum absolute atomic E-state index is 0.101. The van der Waals surface area contributed by atoms with Gasteiger partial charge in [0.2, 0.25) is 5.91 Å². The molecule has 0 aliphatic carbocycles. The molecule has 21 heavy (non-hydrogen) atoms. The molecule has 3 amide bonds.